The molecule has 0 saturated heterocycles. The van der Waals surface area contributed by atoms with Crippen molar-refractivity contribution >= 4 is 49.5 Å². The van der Waals surface area contributed by atoms with Crippen molar-refractivity contribution in [2.75, 3.05) is 0 Å². The van der Waals surface area contributed by atoms with Crippen LogP contribution in [0.4, 0.5) is 0 Å². The van der Waals surface area contributed by atoms with Gasteiger partial charge in [-0.25, -0.2) is 0 Å². The highest BCUT2D eigenvalue weighted by molar-refractivity contribution is 9.10. The average molecular weight is 282 g/mol. The van der Waals surface area contributed by atoms with Crippen LogP contribution in [0.5, 0.6) is 0 Å². The second-order valence-electron chi connectivity index (χ2n) is 3.36. The van der Waals surface area contributed by atoms with E-state index >= 15 is 0 Å². The number of para-hydroxylation sites is 1. The fourth-order valence-electron chi connectivity index (χ4n) is 1.74. The molecule has 3 heteroatoms. The first kappa shape index (κ1) is 9.25. The average Bonchev–Trinajstić information content (AvgIpc) is 2.58. The molecule has 2 aromatic carbocycles. The smallest absolute Gasteiger partial charge is 0.149 e. The van der Waals surface area contributed by atoms with Gasteiger partial charge in [0.2, 0.25) is 0 Å². The Labute approximate surface area is 99.8 Å². The van der Waals surface area contributed by atoms with Gasteiger partial charge < -0.3 is 4.42 Å². The highest BCUT2D eigenvalue weighted by Crippen LogP contribution is 2.34. The zero-order valence-electron chi connectivity index (χ0n) is 7.63. The molecule has 0 fully saturated rings. The molecule has 0 aliphatic carbocycles. The van der Waals surface area contributed by atoms with Gasteiger partial charge >= 0.3 is 0 Å². The second-order valence-corrected chi connectivity index (χ2v) is 4.65. The summed E-state index contributed by atoms with van der Waals surface area (Å²) in [6, 6.07) is 11.6. The van der Waals surface area contributed by atoms with Gasteiger partial charge in [-0.15, -0.1) is 0 Å². The maximum atomic E-state index is 5.96. The quantitative estimate of drug-likeness (QED) is 0.565. The molecule has 0 aliphatic heterocycles. The second kappa shape index (κ2) is 3.26. The largest absolute Gasteiger partial charge is 0.455 e. The molecule has 3 rings (SSSR count). The Morgan fingerprint density at radius 1 is 1.07 bits per heavy atom. The third-order valence-corrected chi connectivity index (χ3v) is 3.27. The Morgan fingerprint density at radius 3 is 2.80 bits per heavy atom. The summed E-state index contributed by atoms with van der Waals surface area (Å²) in [6.07, 6.45) is 0. The maximum absolute atomic E-state index is 5.96. The van der Waals surface area contributed by atoms with E-state index in [0.29, 0.717) is 0 Å². The van der Waals surface area contributed by atoms with Gasteiger partial charge in [-0.2, -0.15) is 0 Å². The summed E-state index contributed by atoms with van der Waals surface area (Å²) in [4.78, 5) is 0. The normalized spacial score (nSPS) is 11.3. The summed E-state index contributed by atoms with van der Waals surface area (Å²) in [5, 5.41) is 2.87. The van der Waals surface area contributed by atoms with Crippen LogP contribution in [-0.4, -0.2) is 0 Å². The molecule has 0 radical (unpaired) electrons. The number of hydrogen-bond acceptors (Lipinski definition) is 1. The van der Waals surface area contributed by atoms with Crippen LogP contribution in [0.2, 0.25) is 5.02 Å². The molecule has 1 heterocycles. The predicted octanol–water partition coefficient (Wildman–Crippen LogP) is 5.00. The topological polar surface area (TPSA) is 13.1 Å². The summed E-state index contributed by atoms with van der Waals surface area (Å²) < 4.78 is 6.70. The van der Waals surface area contributed by atoms with Crippen molar-refractivity contribution in [2.24, 2.45) is 0 Å². The van der Waals surface area contributed by atoms with Crippen LogP contribution in [0.25, 0.3) is 21.9 Å². The fourth-order valence-corrected chi connectivity index (χ4v) is 2.36. The van der Waals surface area contributed by atoms with Crippen molar-refractivity contribution in [3.8, 4) is 0 Å². The van der Waals surface area contributed by atoms with Gasteiger partial charge in [0.1, 0.15) is 11.2 Å². The Kier molecular flexibility index (Phi) is 2.01. The van der Waals surface area contributed by atoms with Gasteiger partial charge in [0.25, 0.3) is 0 Å². The predicted molar refractivity (Wildman–Crippen MR) is 66.4 cm³/mol. The van der Waals surface area contributed by atoms with E-state index in [4.69, 9.17) is 16.0 Å². The van der Waals surface area contributed by atoms with Gasteiger partial charge in [0.05, 0.1) is 4.47 Å². The fraction of sp³-hybridized carbons (Fsp3) is 0. The Morgan fingerprint density at radius 2 is 1.93 bits per heavy atom. The lowest BCUT2D eigenvalue weighted by Crippen LogP contribution is -1.67. The van der Waals surface area contributed by atoms with Crippen molar-refractivity contribution in [1.82, 2.24) is 0 Å². The van der Waals surface area contributed by atoms with Crippen LogP contribution in [0.15, 0.2) is 45.3 Å². The summed E-state index contributed by atoms with van der Waals surface area (Å²) in [7, 11) is 0. The molecule has 0 amide bonds. The lowest BCUT2D eigenvalue weighted by atomic mass is 10.1. The minimum atomic E-state index is 0.727. The number of hydrogen-bond donors (Lipinski definition) is 0. The molecule has 0 spiro atoms. The van der Waals surface area contributed by atoms with Gasteiger partial charge in [0, 0.05) is 15.8 Å². The van der Waals surface area contributed by atoms with E-state index < -0.39 is 0 Å². The van der Waals surface area contributed by atoms with Gasteiger partial charge in [-0.05, 0) is 40.2 Å². The summed E-state index contributed by atoms with van der Waals surface area (Å²) in [6.45, 7) is 0. The van der Waals surface area contributed by atoms with E-state index in [0.717, 1.165) is 31.4 Å². The maximum Gasteiger partial charge on any atom is 0.149 e. The zero-order valence-corrected chi connectivity index (χ0v) is 9.97. The SMILES string of the molecule is Clc1ccc2oc3c(Br)cccc3c2c1. The summed E-state index contributed by atoms with van der Waals surface area (Å²) >= 11 is 9.43. The van der Waals surface area contributed by atoms with Crippen LogP contribution in [0, 0.1) is 0 Å². The van der Waals surface area contributed by atoms with Crippen molar-refractivity contribution in [1.29, 1.82) is 0 Å². The summed E-state index contributed by atoms with van der Waals surface area (Å²) in [5.74, 6) is 0. The van der Waals surface area contributed by atoms with Crippen molar-refractivity contribution < 1.29 is 4.42 Å². The molecule has 0 aliphatic rings. The van der Waals surface area contributed by atoms with Gasteiger partial charge in [0.15, 0.2) is 0 Å². The van der Waals surface area contributed by atoms with Gasteiger partial charge in [-0.1, -0.05) is 23.7 Å². The van der Waals surface area contributed by atoms with E-state index in [2.05, 4.69) is 15.9 Å². The van der Waals surface area contributed by atoms with Crippen LogP contribution in [-0.2, 0) is 0 Å². The van der Waals surface area contributed by atoms with Crippen LogP contribution in [0.1, 0.15) is 0 Å². The number of halogens is 2. The molecule has 1 nitrogen and oxygen atoms in total. The van der Waals surface area contributed by atoms with E-state index in [9.17, 15) is 0 Å². The van der Waals surface area contributed by atoms with E-state index in [1.165, 1.54) is 0 Å². The van der Waals surface area contributed by atoms with Crippen LogP contribution < -0.4 is 0 Å². The highest BCUT2D eigenvalue weighted by Gasteiger charge is 2.08. The van der Waals surface area contributed by atoms with E-state index in [1.54, 1.807) is 0 Å². The Bertz CT molecular complexity index is 657. The van der Waals surface area contributed by atoms with Gasteiger partial charge in [-0.3, -0.25) is 0 Å². The Hall–Kier alpha value is -0.990. The number of furan rings is 1. The molecule has 0 unspecified atom stereocenters. The standard InChI is InChI=1S/C12H6BrClO/c13-10-3-1-2-8-9-6-7(14)4-5-11(9)15-12(8)10/h1-6H. The van der Waals surface area contributed by atoms with Crippen molar-refractivity contribution in [3.63, 3.8) is 0 Å². The first-order valence-electron chi connectivity index (χ1n) is 4.52. The first-order valence-corrected chi connectivity index (χ1v) is 5.69. The minimum absolute atomic E-state index is 0.727. The number of rotatable bonds is 0. The van der Waals surface area contributed by atoms with Crippen LogP contribution in [0.3, 0.4) is 0 Å². The molecule has 15 heavy (non-hydrogen) atoms. The molecular formula is C12H6BrClO. The third-order valence-electron chi connectivity index (χ3n) is 2.41. The van der Waals surface area contributed by atoms with E-state index in [1.807, 2.05) is 36.4 Å². The van der Waals surface area contributed by atoms with Crippen molar-refractivity contribution in [2.45, 2.75) is 0 Å². The lowest BCUT2D eigenvalue weighted by Gasteiger charge is -1.90. The lowest BCUT2D eigenvalue weighted by molar-refractivity contribution is 0.667. The highest BCUT2D eigenvalue weighted by atomic mass is 79.9. The van der Waals surface area contributed by atoms with Crippen molar-refractivity contribution in [3.05, 3.63) is 45.9 Å². The Balaban J connectivity index is 2.58. The van der Waals surface area contributed by atoms with E-state index in [-0.39, 0.29) is 0 Å². The first-order chi connectivity index (χ1) is 7.25. The minimum Gasteiger partial charge on any atom is -0.455 e. The summed E-state index contributed by atoms with van der Waals surface area (Å²) in [5.41, 5.74) is 1.73. The molecule has 1 aromatic heterocycles. The molecular weight excluding hydrogens is 275 g/mol. The molecule has 0 saturated carbocycles. The number of fused-ring (bicyclic) bond motifs is 3. The molecule has 0 bridgehead atoms. The third kappa shape index (κ3) is 1.36. The molecule has 74 valence electrons. The zero-order chi connectivity index (χ0) is 10.4. The molecule has 0 atom stereocenters. The number of benzene rings is 2. The molecule has 3 aromatic rings. The van der Waals surface area contributed by atoms with Crippen LogP contribution >= 0.6 is 27.5 Å². The molecule has 0 N–H and O–H groups in total. The monoisotopic (exact) mass is 280 g/mol.